The molecule has 2 amide bonds. The second-order valence-corrected chi connectivity index (χ2v) is 9.98. The number of pyridine rings is 1. The predicted molar refractivity (Wildman–Crippen MR) is 161 cm³/mol. The molecule has 42 heavy (non-hydrogen) atoms. The molecule has 1 N–H and O–H groups in total. The van der Waals surface area contributed by atoms with E-state index in [0.29, 0.717) is 36.6 Å². The maximum absolute atomic E-state index is 14.1. The van der Waals surface area contributed by atoms with Gasteiger partial charge in [-0.3, -0.25) is 14.6 Å². The molecule has 0 bridgehead atoms. The monoisotopic (exact) mass is 558 g/mol. The van der Waals surface area contributed by atoms with E-state index in [1.807, 2.05) is 89.5 Å². The lowest BCUT2D eigenvalue weighted by Crippen LogP contribution is -2.30. The number of rotatable bonds is 7. The van der Waals surface area contributed by atoms with Crippen LogP contribution in [0.5, 0.6) is 11.5 Å². The van der Waals surface area contributed by atoms with Crippen LogP contribution in [0.15, 0.2) is 103 Å². The van der Waals surface area contributed by atoms with E-state index in [4.69, 9.17) is 9.47 Å². The molecule has 5 aromatic rings. The van der Waals surface area contributed by atoms with Crippen LogP contribution >= 0.6 is 0 Å². The number of nitrogens with one attached hydrogen (secondary N) is 1. The van der Waals surface area contributed by atoms with Crippen molar-refractivity contribution in [1.29, 1.82) is 0 Å². The summed E-state index contributed by atoms with van der Waals surface area (Å²) in [6, 6.07) is 28.5. The molecule has 3 heterocycles. The molecule has 1 aliphatic rings. The van der Waals surface area contributed by atoms with Crippen LogP contribution in [0, 0.1) is 0 Å². The molecule has 8 nitrogen and oxygen atoms in total. The predicted octanol–water partition coefficient (Wildman–Crippen LogP) is 5.71. The number of carbonyl (C=O) groups excluding carboxylic acids is 2. The fraction of sp³-hybridized carbons (Fsp3) is 0.147. The number of hydrogen-bond acceptors (Lipinski definition) is 5. The van der Waals surface area contributed by atoms with Gasteiger partial charge >= 0.3 is 0 Å². The molecular weight excluding hydrogens is 528 g/mol. The first kappa shape index (κ1) is 26.8. The van der Waals surface area contributed by atoms with E-state index < -0.39 is 0 Å². The van der Waals surface area contributed by atoms with Crippen LogP contribution in [-0.2, 0) is 19.6 Å². The summed E-state index contributed by atoms with van der Waals surface area (Å²) < 4.78 is 13.3. The SMILES string of the molecule is COc1ccccc1-c1ccc(C(=O)N2Cc3ccc(C(=O)NCc4cccnc4)n3Cc3ccccc32)cc1OC. The van der Waals surface area contributed by atoms with Gasteiger partial charge in [0.1, 0.15) is 17.2 Å². The van der Waals surface area contributed by atoms with Crippen LogP contribution in [-0.4, -0.2) is 35.6 Å². The molecule has 1 aliphatic heterocycles. The lowest BCUT2D eigenvalue weighted by atomic mass is 10.0. The molecule has 8 heteroatoms. The molecule has 2 aromatic heterocycles. The number of aromatic nitrogens is 2. The van der Waals surface area contributed by atoms with Gasteiger partial charge in [0.25, 0.3) is 11.8 Å². The number of hydrogen-bond donors (Lipinski definition) is 1. The Hall–Kier alpha value is -5.37. The Kier molecular flexibility index (Phi) is 7.43. The number of nitrogens with zero attached hydrogens (tertiary/aromatic N) is 3. The van der Waals surface area contributed by atoms with Crippen molar-refractivity contribution >= 4 is 17.5 Å². The third-order valence-electron chi connectivity index (χ3n) is 7.50. The average Bonchev–Trinajstić information content (AvgIpc) is 3.36. The van der Waals surface area contributed by atoms with Crippen molar-refractivity contribution in [2.45, 2.75) is 19.6 Å². The van der Waals surface area contributed by atoms with E-state index in [1.165, 1.54) is 0 Å². The summed E-state index contributed by atoms with van der Waals surface area (Å²) in [6.07, 6.45) is 3.43. The largest absolute Gasteiger partial charge is 0.496 e. The van der Waals surface area contributed by atoms with E-state index in [2.05, 4.69) is 10.3 Å². The number of para-hydroxylation sites is 2. The van der Waals surface area contributed by atoms with Crippen LogP contribution in [0.25, 0.3) is 11.1 Å². The van der Waals surface area contributed by atoms with Crippen LogP contribution in [0.4, 0.5) is 5.69 Å². The van der Waals surface area contributed by atoms with Gasteiger partial charge in [-0.25, -0.2) is 0 Å². The smallest absolute Gasteiger partial charge is 0.268 e. The molecule has 0 fully saturated rings. The van der Waals surface area contributed by atoms with Gasteiger partial charge in [0.15, 0.2) is 0 Å². The normalized spacial score (nSPS) is 12.1. The maximum atomic E-state index is 14.1. The average molecular weight is 559 g/mol. The van der Waals surface area contributed by atoms with Crippen LogP contribution in [0.2, 0.25) is 0 Å². The van der Waals surface area contributed by atoms with E-state index in [1.54, 1.807) is 37.6 Å². The third kappa shape index (κ3) is 5.10. The van der Waals surface area contributed by atoms with Crippen molar-refractivity contribution in [3.8, 4) is 22.6 Å². The van der Waals surface area contributed by atoms with Crippen molar-refractivity contribution in [2.75, 3.05) is 19.1 Å². The zero-order chi connectivity index (χ0) is 29.1. The summed E-state index contributed by atoms with van der Waals surface area (Å²) >= 11 is 0. The number of anilines is 1. The number of amides is 2. The Labute approximate surface area is 244 Å². The Balaban J connectivity index is 1.32. The highest BCUT2D eigenvalue weighted by Gasteiger charge is 2.28. The van der Waals surface area contributed by atoms with Crippen molar-refractivity contribution in [2.24, 2.45) is 0 Å². The maximum Gasteiger partial charge on any atom is 0.268 e. The molecule has 0 spiro atoms. The topological polar surface area (TPSA) is 85.7 Å². The van der Waals surface area contributed by atoms with Crippen molar-refractivity contribution in [3.63, 3.8) is 0 Å². The molecule has 0 saturated heterocycles. The summed E-state index contributed by atoms with van der Waals surface area (Å²) in [5, 5.41) is 2.99. The Morgan fingerprint density at radius 2 is 1.62 bits per heavy atom. The van der Waals surface area contributed by atoms with Gasteiger partial charge in [0.05, 0.1) is 27.3 Å². The van der Waals surface area contributed by atoms with Crippen LogP contribution in [0.1, 0.15) is 37.7 Å². The standard InChI is InChI=1S/C34H30N4O4/c1-41-31-12-6-4-10-27(31)28-15-13-24(18-32(28)42-2)34(40)38-22-26-14-16-30(33(39)36-20-23-8-7-17-35-19-23)37(26)21-25-9-3-5-11-29(25)38/h3-19H,20-22H2,1-2H3,(H,36,39). The highest BCUT2D eigenvalue weighted by atomic mass is 16.5. The highest BCUT2D eigenvalue weighted by molar-refractivity contribution is 6.07. The van der Waals surface area contributed by atoms with Crippen LogP contribution < -0.4 is 19.7 Å². The fourth-order valence-electron chi connectivity index (χ4n) is 5.38. The minimum atomic E-state index is -0.181. The molecule has 3 aromatic carbocycles. The molecule has 0 radical (unpaired) electrons. The number of ether oxygens (including phenoxy) is 2. The third-order valence-corrected chi connectivity index (χ3v) is 7.50. The quantitative estimate of drug-likeness (QED) is 0.277. The molecule has 0 unspecified atom stereocenters. The highest BCUT2D eigenvalue weighted by Crippen LogP contribution is 2.38. The van der Waals surface area contributed by atoms with Crippen molar-refractivity contribution in [1.82, 2.24) is 14.9 Å². The van der Waals surface area contributed by atoms with E-state index >= 15 is 0 Å². The molecule has 0 saturated carbocycles. The van der Waals surface area contributed by atoms with Crippen molar-refractivity contribution < 1.29 is 19.1 Å². The van der Waals surface area contributed by atoms with Gasteiger partial charge in [-0.1, -0.05) is 42.5 Å². The molecule has 6 rings (SSSR count). The number of benzene rings is 3. The summed E-state index contributed by atoms with van der Waals surface area (Å²) in [5.74, 6) is 0.949. The molecule has 210 valence electrons. The first-order chi connectivity index (χ1) is 20.6. The summed E-state index contributed by atoms with van der Waals surface area (Å²) in [4.78, 5) is 33.2. The Bertz CT molecular complexity index is 1760. The zero-order valence-electron chi connectivity index (χ0n) is 23.4. The summed E-state index contributed by atoms with van der Waals surface area (Å²) in [5.41, 5.74) is 6.28. The van der Waals surface area contributed by atoms with Gasteiger partial charge in [-0.15, -0.1) is 0 Å². The second-order valence-electron chi connectivity index (χ2n) is 9.98. The summed E-state index contributed by atoms with van der Waals surface area (Å²) in [6.45, 7) is 1.15. The number of methoxy groups -OCH3 is 2. The second kappa shape index (κ2) is 11.6. The Morgan fingerprint density at radius 3 is 2.43 bits per heavy atom. The first-order valence-corrected chi connectivity index (χ1v) is 13.6. The fourth-order valence-corrected chi connectivity index (χ4v) is 5.38. The molecular formula is C34H30N4O4. The van der Waals surface area contributed by atoms with E-state index in [9.17, 15) is 9.59 Å². The van der Waals surface area contributed by atoms with Gasteiger partial charge in [-0.2, -0.15) is 0 Å². The molecule has 0 atom stereocenters. The summed E-state index contributed by atoms with van der Waals surface area (Å²) in [7, 11) is 3.23. The van der Waals surface area contributed by atoms with Gasteiger partial charge in [0, 0.05) is 47.0 Å². The minimum Gasteiger partial charge on any atom is -0.496 e. The zero-order valence-corrected chi connectivity index (χ0v) is 23.4. The number of fused-ring (bicyclic) bond motifs is 2. The van der Waals surface area contributed by atoms with Gasteiger partial charge < -0.3 is 24.3 Å². The van der Waals surface area contributed by atoms with Gasteiger partial charge in [0.2, 0.25) is 0 Å². The van der Waals surface area contributed by atoms with E-state index in [0.717, 1.165) is 39.4 Å². The Morgan fingerprint density at radius 1 is 0.833 bits per heavy atom. The number of carbonyl (C=O) groups is 2. The minimum absolute atomic E-state index is 0.162. The van der Waals surface area contributed by atoms with Crippen molar-refractivity contribution in [3.05, 3.63) is 131 Å². The molecule has 0 aliphatic carbocycles. The van der Waals surface area contributed by atoms with E-state index in [-0.39, 0.29) is 11.8 Å². The lowest BCUT2D eigenvalue weighted by molar-refractivity contribution is 0.0941. The first-order valence-electron chi connectivity index (χ1n) is 13.6. The van der Waals surface area contributed by atoms with Gasteiger partial charge in [-0.05, 0) is 59.7 Å². The lowest BCUT2D eigenvalue weighted by Gasteiger charge is -2.23. The van der Waals surface area contributed by atoms with Crippen LogP contribution in [0.3, 0.4) is 0 Å².